The summed E-state index contributed by atoms with van der Waals surface area (Å²) >= 11 is 1.74. The Morgan fingerprint density at radius 3 is 2.72 bits per heavy atom. The normalized spacial score (nSPS) is 15.5. The number of fused-ring (bicyclic) bond motifs is 1. The van der Waals surface area contributed by atoms with Gasteiger partial charge in [-0.25, -0.2) is 0 Å². The summed E-state index contributed by atoms with van der Waals surface area (Å²) in [5.41, 5.74) is 3.60. The molecule has 0 saturated carbocycles. The summed E-state index contributed by atoms with van der Waals surface area (Å²) in [5.74, 6) is 0.914. The Labute approximate surface area is 152 Å². The van der Waals surface area contributed by atoms with Crippen LogP contribution in [0.15, 0.2) is 47.4 Å². The Bertz CT molecular complexity index is 730. The van der Waals surface area contributed by atoms with Crippen LogP contribution in [0.5, 0.6) is 5.75 Å². The van der Waals surface area contributed by atoms with Gasteiger partial charge in [-0.15, -0.1) is 11.8 Å². The monoisotopic (exact) mass is 357 g/mol. The molecule has 1 amide bonds. The molecule has 0 spiro atoms. The van der Waals surface area contributed by atoms with E-state index in [1.54, 1.807) is 18.9 Å². The molecule has 0 radical (unpaired) electrons. The lowest BCUT2D eigenvalue weighted by Crippen LogP contribution is -2.34. The average molecular weight is 357 g/mol. The first kappa shape index (κ1) is 17.8. The number of nitrogens with one attached hydrogen (secondary N) is 1. The maximum Gasteiger partial charge on any atom is 0.222 e. The number of hydrogen-bond donors (Lipinski definition) is 1. The summed E-state index contributed by atoms with van der Waals surface area (Å²) < 4.78 is 10.9. The number of carbonyl (C=O) groups excluding carboxylic acids is 1. The van der Waals surface area contributed by atoms with Crippen molar-refractivity contribution < 1.29 is 14.3 Å². The molecule has 1 atom stereocenters. The number of carbonyl (C=O) groups is 1. The van der Waals surface area contributed by atoms with Crippen molar-refractivity contribution in [1.29, 1.82) is 0 Å². The van der Waals surface area contributed by atoms with E-state index in [2.05, 4.69) is 48.0 Å². The van der Waals surface area contributed by atoms with Gasteiger partial charge in [-0.3, -0.25) is 4.79 Å². The van der Waals surface area contributed by atoms with Gasteiger partial charge in [0.1, 0.15) is 11.9 Å². The topological polar surface area (TPSA) is 47.6 Å². The molecule has 1 aliphatic heterocycles. The second-order valence-electron chi connectivity index (χ2n) is 6.04. The van der Waals surface area contributed by atoms with E-state index in [4.69, 9.17) is 9.47 Å². The number of methoxy groups -OCH3 is 1. The van der Waals surface area contributed by atoms with Crippen molar-refractivity contribution >= 4 is 17.7 Å². The second kappa shape index (κ2) is 8.41. The largest absolute Gasteiger partial charge is 0.488 e. The first-order valence-electron chi connectivity index (χ1n) is 8.39. The van der Waals surface area contributed by atoms with Crippen LogP contribution in [-0.4, -0.2) is 38.5 Å². The lowest BCUT2D eigenvalue weighted by molar-refractivity contribution is -0.122. The van der Waals surface area contributed by atoms with Crippen molar-refractivity contribution in [3.8, 4) is 16.9 Å². The van der Waals surface area contributed by atoms with E-state index >= 15 is 0 Å². The third-order valence-electron chi connectivity index (χ3n) is 4.29. The second-order valence-corrected chi connectivity index (χ2v) is 6.92. The van der Waals surface area contributed by atoms with Crippen molar-refractivity contribution in [1.82, 2.24) is 5.32 Å². The highest BCUT2D eigenvalue weighted by Gasteiger charge is 2.23. The van der Waals surface area contributed by atoms with E-state index in [0.29, 0.717) is 19.6 Å². The van der Waals surface area contributed by atoms with Crippen molar-refractivity contribution in [2.24, 2.45) is 0 Å². The van der Waals surface area contributed by atoms with E-state index in [9.17, 15) is 4.79 Å². The summed E-state index contributed by atoms with van der Waals surface area (Å²) in [5, 5.41) is 2.91. The smallest absolute Gasteiger partial charge is 0.222 e. The van der Waals surface area contributed by atoms with Crippen LogP contribution in [0, 0.1) is 0 Å². The van der Waals surface area contributed by atoms with Crippen LogP contribution in [0.1, 0.15) is 12.0 Å². The summed E-state index contributed by atoms with van der Waals surface area (Å²) in [7, 11) is 1.59. The molecule has 132 valence electrons. The van der Waals surface area contributed by atoms with Crippen LogP contribution in [-0.2, 0) is 16.0 Å². The molecule has 25 heavy (non-hydrogen) atoms. The van der Waals surface area contributed by atoms with Crippen LogP contribution in [0.25, 0.3) is 11.1 Å². The molecule has 2 aromatic rings. The molecular weight excluding hydrogens is 334 g/mol. The molecule has 3 rings (SSSR count). The SMILES string of the molecule is COCCC(=O)NC[C@@H]1Cc2cc(-c3ccc(SC)cc3)ccc2O1. The van der Waals surface area contributed by atoms with Crippen LogP contribution in [0.3, 0.4) is 0 Å². The number of amides is 1. The van der Waals surface area contributed by atoms with Gasteiger partial charge in [0.15, 0.2) is 0 Å². The van der Waals surface area contributed by atoms with E-state index in [1.807, 2.05) is 6.07 Å². The zero-order valence-electron chi connectivity index (χ0n) is 14.6. The molecule has 0 fully saturated rings. The van der Waals surface area contributed by atoms with Crippen molar-refractivity contribution in [3.63, 3.8) is 0 Å². The minimum Gasteiger partial charge on any atom is -0.488 e. The number of hydrogen-bond acceptors (Lipinski definition) is 4. The zero-order chi connectivity index (χ0) is 17.6. The Kier molecular flexibility index (Phi) is 6.00. The van der Waals surface area contributed by atoms with Crippen molar-refractivity contribution in [2.45, 2.75) is 23.8 Å². The third-order valence-corrected chi connectivity index (χ3v) is 5.03. The minimum absolute atomic E-state index is 0.00372. The highest BCUT2D eigenvalue weighted by Crippen LogP contribution is 2.33. The molecule has 2 aromatic carbocycles. The van der Waals surface area contributed by atoms with Gasteiger partial charge in [-0.1, -0.05) is 18.2 Å². The predicted molar refractivity (Wildman–Crippen MR) is 101 cm³/mol. The highest BCUT2D eigenvalue weighted by atomic mass is 32.2. The Morgan fingerprint density at radius 1 is 1.24 bits per heavy atom. The third kappa shape index (κ3) is 4.55. The Balaban J connectivity index is 1.61. The van der Waals surface area contributed by atoms with Crippen molar-refractivity contribution in [2.75, 3.05) is 26.5 Å². The van der Waals surface area contributed by atoms with Gasteiger partial charge in [-0.05, 0) is 47.2 Å². The quantitative estimate of drug-likeness (QED) is 0.770. The highest BCUT2D eigenvalue weighted by molar-refractivity contribution is 7.98. The lowest BCUT2D eigenvalue weighted by atomic mass is 10.0. The molecule has 0 aliphatic carbocycles. The maximum absolute atomic E-state index is 11.7. The van der Waals surface area contributed by atoms with Crippen LogP contribution in [0.2, 0.25) is 0 Å². The molecule has 0 saturated heterocycles. The zero-order valence-corrected chi connectivity index (χ0v) is 15.4. The number of benzene rings is 2. The molecule has 4 nitrogen and oxygen atoms in total. The molecule has 1 aliphatic rings. The maximum atomic E-state index is 11.7. The molecule has 0 aromatic heterocycles. The average Bonchev–Trinajstić information content (AvgIpc) is 3.06. The molecule has 0 unspecified atom stereocenters. The van der Waals surface area contributed by atoms with Crippen LogP contribution < -0.4 is 10.1 Å². The van der Waals surface area contributed by atoms with Gasteiger partial charge in [0.2, 0.25) is 5.91 Å². The van der Waals surface area contributed by atoms with E-state index in [-0.39, 0.29) is 12.0 Å². The fourth-order valence-corrected chi connectivity index (χ4v) is 3.32. The van der Waals surface area contributed by atoms with Gasteiger partial charge >= 0.3 is 0 Å². The summed E-state index contributed by atoms with van der Waals surface area (Å²) in [6.45, 7) is 0.964. The molecule has 0 bridgehead atoms. The van der Waals surface area contributed by atoms with E-state index in [0.717, 1.165) is 12.2 Å². The lowest BCUT2D eigenvalue weighted by Gasteiger charge is -2.11. The predicted octanol–water partition coefficient (Wildman–Crippen LogP) is 3.53. The van der Waals surface area contributed by atoms with E-state index in [1.165, 1.54) is 21.6 Å². The van der Waals surface area contributed by atoms with Gasteiger partial charge in [-0.2, -0.15) is 0 Å². The van der Waals surface area contributed by atoms with Crippen molar-refractivity contribution in [3.05, 3.63) is 48.0 Å². The molecule has 1 N–H and O–H groups in total. The Morgan fingerprint density at radius 2 is 2.00 bits per heavy atom. The number of thioether (sulfide) groups is 1. The number of ether oxygens (including phenoxy) is 2. The summed E-state index contributed by atoms with van der Waals surface area (Å²) in [4.78, 5) is 12.9. The van der Waals surface area contributed by atoms with Crippen LogP contribution in [0.4, 0.5) is 0 Å². The van der Waals surface area contributed by atoms with E-state index < -0.39 is 0 Å². The molecule has 1 heterocycles. The van der Waals surface area contributed by atoms with Gasteiger partial charge in [0.05, 0.1) is 13.2 Å². The molecule has 5 heteroatoms. The fourth-order valence-electron chi connectivity index (χ4n) is 2.91. The number of rotatable bonds is 7. The standard InChI is InChI=1S/C20H23NO3S/c1-23-10-9-20(22)21-13-17-12-16-11-15(5-8-19(16)24-17)14-3-6-18(25-2)7-4-14/h3-8,11,17H,9-10,12-13H2,1-2H3,(H,21,22)/t17-/m0/s1. The molecular formula is C20H23NO3S. The van der Waals surface area contributed by atoms with Gasteiger partial charge < -0.3 is 14.8 Å². The summed E-state index contributed by atoms with van der Waals surface area (Å²) in [6, 6.07) is 14.9. The van der Waals surface area contributed by atoms with Gasteiger partial charge in [0.25, 0.3) is 0 Å². The first-order chi connectivity index (χ1) is 12.2. The van der Waals surface area contributed by atoms with Gasteiger partial charge in [0, 0.05) is 24.8 Å². The van der Waals surface area contributed by atoms with Crippen LogP contribution >= 0.6 is 11.8 Å². The fraction of sp³-hybridized carbons (Fsp3) is 0.350. The minimum atomic E-state index is -0.00406. The summed E-state index contributed by atoms with van der Waals surface area (Å²) in [6.07, 6.45) is 3.27. The first-order valence-corrected chi connectivity index (χ1v) is 9.61. The Hall–Kier alpha value is -1.98.